The molecule has 26 heavy (non-hydrogen) atoms. The van der Waals surface area contributed by atoms with Gasteiger partial charge in [0, 0.05) is 38.4 Å². The van der Waals surface area contributed by atoms with Gasteiger partial charge in [0.05, 0.1) is 13.2 Å². The zero-order valence-electron chi connectivity index (χ0n) is 15.3. The zero-order chi connectivity index (χ0) is 17.8. The minimum Gasteiger partial charge on any atom is -0.378 e. The van der Waals surface area contributed by atoms with Gasteiger partial charge >= 0.3 is 0 Å². The van der Waals surface area contributed by atoms with Crippen molar-refractivity contribution in [1.82, 2.24) is 20.0 Å². The summed E-state index contributed by atoms with van der Waals surface area (Å²) in [6.07, 6.45) is 7.54. The molecular formula is C19H29N5O2. The monoisotopic (exact) mass is 359 g/mol. The van der Waals surface area contributed by atoms with Gasteiger partial charge in [0.25, 0.3) is 0 Å². The third-order valence-electron chi connectivity index (χ3n) is 5.97. The third-order valence-corrected chi connectivity index (χ3v) is 5.97. The number of aromatic nitrogens is 2. The first-order chi connectivity index (χ1) is 12.8. The number of carbonyl (C=O) groups excluding carboxylic acids is 1. The van der Waals surface area contributed by atoms with Crippen LogP contribution in [0.2, 0.25) is 0 Å². The summed E-state index contributed by atoms with van der Waals surface area (Å²) in [5.74, 6) is 1.84. The molecule has 0 spiro atoms. The zero-order valence-corrected chi connectivity index (χ0v) is 15.3. The lowest BCUT2D eigenvalue weighted by atomic mass is 9.84. The van der Waals surface area contributed by atoms with Crippen LogP contribution in [-0.4, -0.2) is 77.4 Å². The number of piperidine rings is 1. The lowest BCUT2D eigenvalue weighted by molar-refractivity contribution is -0.145. The molecule has 1 aliphatic carbocycles. The largest absolute Gasteiger partial charge is 0.378 e. The number of ether oxygens (including phenoxy) is 1. The average Bonchev–Trinajstić information content (AvgIpc) is 2.66. The van der Waals surface area contributed by atoms with Crippen molar-refractivity contribution in [2.45, 2.75) is 44.2 Å². The summed E-state index contributed by atoms with van der Waals surface area (Å²) >= 11 is 0. The number of hydrogen-bond donors (Lipinski definition) is 1. The third kappa shape index (κ3) is 4.15. The molecule has 7 nitrogen and oxygen atoms in total. The second kappa shape index (κ2) is 8.31. The van der Waals surface area contributed by atoms with Crippen molar-refractivity contribution in [3.8, 4) is 0 Å². The molecule has 3 aliphatic rings. The van der Waals surface area contributed by atoms with E-state index in [1.807, 2.05) is 17.0 Å². The molecule has 7 heteroatoms. The molecule has 1 aromatic rings. The molecule has 1 saturated carbocycles. The molecule has 3 fully saturated rings. The van der Waals surface area contributed by atoms with E-state index >= 15 is 0 Å². The van der Waals surface area contributed by atoms with Crippen molar-refractivity contribution >= 4 is 11.7 Å². The summed E-state index contributed by atoms with van der Waals surface area (Å²) in [6.45, 7) is 4.83. The number of hydrogen-bond acceptors (Lipinski definition) is 6. The van der Waals surface area contributed by atoms with Gasteiger partial charge in [-0.05, 0) is 43.7 Å². The Morgan fingerprint density at radius 2 is 2.08 bits per heavy atom. The summed E-state index contributed by atoms with van der Waals surface area (Å²) in [4.78, 5) is 17.5. The Balaban J connectivity index is 1.29. The normalized spacial score (nSPS) is 25.7. The van der Waals surface area contributed by atoms with Gasteiger partial charge in [-0.3, -0.25) is 9.69 Å². The maximum absolute atomic E-state index is 13.1. The second-order valence-corrected chi connectivity index (χ2v) is 7.74. The lowest BCUT2D eigenvalue weighted by Crippen LogP contribution is -2.57. The minimum absolute atomic E-state index is 0.0890. The lowest BCUT2D eigenvalue weighted by Gasteiger charge is -2.42. The van der Waals surface area contributed by atoms with Crippen LogP contribution in [-0.2, 0) is 9.53 Å². The first-order valence-corrected chi connectivity index (χ1v) is 9.94. The van der Waals surface area contributed by atoms with Gasteiger partial charge in [-0.2, -0.15) is 5.10 Å². The number of rotatable bonds is 5. The van der Waals surface area contributed by atoms with E-state index in [9.17, 15) is 4.79 Å². The summed E-state index contributed by atoms with van der Waals surface area (Å²) in [7, 11) is 0. The maximum Gasteiger partial charge on any atom is 0.242 e. The molecule has 1 aromatic heterocycles. The van der Waals surface area contributed by atoms with Crippen molar-refractivity contribution in [3.63, 3.8) is 0 Å². The highest BCUT2D eigenvalue weighted by atomic mass is 16.5. The molecule has 0 radical (unpaired) electrons. The van der Waals surface area contributed by atoms with Crippen molar-refractivity contribution < 1.29 is 9.53 Å². The van der Waals surface area contributed by atoms with Crippen LogP contribution in [0.1, 0.15) is 32.1 Å². The summed E-state index contributed by atoms with van der Waals surface area (Å²) in [5.41, 5.74) is 0. The van der Waals surface area contributed by atoms with E-state index in [0.717, 1.165) is 57.4 Å². The Hall–Kier alpha value is -1.73. The van der Waals surface area contributed by atoms with Crippen LogP contribution < -0.4 is 5.32 Å². The number of amides is 1. The van der Waals surface area contributed by atoms with Gasteiger partial charge in [0.2, 0.25) is 5.91 Å². The maximum atomic E-state index is 13.1. The summed E-state index contributed by atoms with van der Waals surface area (Å²) in [6, 6.07) is 4.08. The quantitative estimate of drug-likeness (QED) is 0.856. The average molecular weight is 359 g/mol. The van der Waals surface area contributed by atoms with Crippen LogP contribution in [0.3, 0.4) is 0 Å². The molecule has 3 heterocycles. The minimum atomic E-state index is -0.0890. The number of anilines is 1. The van der Waals surface area contributed by atoms with Crippen LogP contribution in [0.25, 0.3) is 0 Å². The van der Waals surface area contributed by atoms with Gasteiger partial charge in [-0.25, -0.2) is 0 Å². The fourth-order valence-corrected chi connectivity index (χ4v) is 4.13. The van der Waals surface area contributed by atoms with E-state index in [0.29, 0.717) is 12.6 Å². The van der Waals surface area contributed by atoms with Gasteiger partial charge in [0.15, 0.2) is 0 Å². The highest BCUT2D eigenvalue weighted by Crippen LogP contribution is 2.28. The predicted octanol–water partition coefficient (Wildman–Crippen LogP) is 1.38. The molecule has 142 valence electrons. The Kier molecular flexibility index (Phi) is 5.65. The Bertz CT molecular complexity index is 587. The van der Waals surface area contributed by atoms with E-state index in [1.165, 1.54) is 19.3 Å². The van der Waals surface area contributed by atoms with E-state index in [1.54, 1.807) is 6.20 Å². The molecule has 1 N–H and O–H groups in total. The molecular weight excluding hydrogens is 330 g/mol. The topological polar surface area (TPSA) is 70.6 Å². The molecule has 2 saturated heterocycles. The Labute approximate surface area is 155 Å². The second-order valence-electron chi connectivity index (χ2n) is 7.74. The van der Waals surface area contributed by atoms with Gasteiger partial charge in [0.1, 0.15) is 11.9 Å². The molecule has 0 aromatic carbocycles. The van der Waals surface area contributed by atoms with Crippen molar-refractivity contribution in [2.75, 3.05) is 44.7 Å². The number of likely N-dealkylation sites (tertiary alicyclic amines) is 1. The highest BCUT2D eigenvalue weighted by Gasteiger charge is 2.36. The smallest absolute Gasteiger partial charge is 0.242 e. The number of morpholine rings is 1. The van der Waals surface area contributed by atoms with Gasteiger partial charge in [-0.1, -0.05) is 6.42 Å². The standard InChI is InChI=1S/C19H29N5O2/c25-19(17-14-26-12-11-24(17)13-15-3-1-4-15)23-9-6-16(7-10-23)21-18-5-2-8-20-22-18/h2,5,8,15-17H,1,3-4,6-7,9-14H2,(H,21,22). The fraction of sp³-hybridized carbons (Fsp3) is 0.737. The van der Waals surface area contributed by atoms with Crippen LogP contribution in [0, 0.1) is 5.92 Å². The number of carbonyl (C=O) groups is 1. The van der Waals surface area contributed by atoms with Gasteiger partial charge < -0.3 is 15.0 Å². The van der Waals surface area contributed by atoms with E-state index in [-0.39, 0.29) is 11.9 Å². The van der Waals surface area contributed by atoms with Crippen molar-refractivity contribution in [1.29, 1.82) is 0 Å². The summed E-state index contributed by atoms with van der Waals surface area (Å²) in [5, 5.41) is 11.4. The molecule has 4 rings (SSSR count). The number of nitrogens with zero attached hydrogens (tertiary/aromatic N) is 4. The van der Waals surface area contributed by atoms with Crippen LogP contribution in [0.4, 0.5) is 5.82 Å². The van der Waals surface area contributed by atoms with Crippen molar-refractivity contribution in [3.05, 3.63) is 18.3 Å². The van der Waals surface area contributed by atoms with Gasteiger partial charge in [-0.15, -0.1) is 5.10 Å². The van der Waals surface area contributed by atoms with E-state index in [2.05, 4.69) is 20.4 Å². The van der Waals surface area contributed by atoms with Crippen LogP contribution >= 0.6 is 0 Å². The first kappa shape index (κ1) is 17.7. The Morgan fingerprint density at radius 1 is 1.23 bits per heavy atom. The molecule has 0 bridgehead atoms. The molecule has 1 unspecified atom stereocenters. The molecule has 1 atom stereocenters. The molecule has 2 aliphatic heterocycles. The SMILES string of the molecule is O=C(C1COCCN1CC1CCC1)N1CCC(Nc2cccnn2)CC1. The predicted molar refractivity (Wildman–Crippen MR) is 98.8 cm³/mol. The summed E-state index contributed by atoms with van der Waals surface area (Å²) < 4.78 is 5.64. The van der Waals surface area contributed by atoms with E-state index in [4.69, 9.17) is 4.74 Å². The van der Waals surface area contributed by atoms with Crippen molar-refractivity contribution in [2.24, 2.45) is 5.92 Å². The highest BCUT2D eigenvalue weighted by molar-refractivity contribution is 5.82. The first-order valence-electron chi connectivity index (χ1n) is 9.94. The van der Waals surface area contributed by atoms with Crippen LogP contribution in [0.5, 0.6) is 0 Å². The van der Waals surface area contributed by atoms with Crippen LogP contribution in [0.15, 0.2) is 18.3 Å². The number of nitrogens with one attached hydrogen (secondary N) is 1. The molecule has 1 amide bonds. The Morgan fingerprint density at radius 3 is 2.77 bits per heavy atom. The van der Waals surface area contributed by atoms with E-state index < -0.39 is 0 Å². The fourth-order valence-electron chi connectivity index (χ4n) is 4.13.